The first kappa shape index (κ1) is 24.8. The number of hydrogen-bond acceptors (Lipinski definition) is 8. The van der Waals surface area contributed by atoms with E-state index < -0.39 is 17.5 Å². The van der Waals surface area contributed by atoms with Crippen molar-refractivity contribution >= 4 is 29.7 Å². The van der Waals surface area contributed by atoms with Crippen molar-refractivity contribution in [2.45, 2.75) is 52.3 Å². The number of carbonyl (C=O) groups is 2. The van der Waals surface area contributed by atoms with Gasteiger partial charge in [0, 0.05) is 11.8 Å². The van der Waals surface area contributed by atoms with Crippen molar-refractivity contribution in [1.82, 2.24) is 10.2 Å². The molecule has 1 fully saturated rings. The summed E-state index contributed by atoms with van der Waals surface area (Å²) in [7, 11) is 1.56. The average Bonchev–Trinajstić information content (AvgIpc) is 3.35. The van der Waals surface area contributed by atoms with Crippen molar-refractivity contribution in [1.29, 1.82) is 0 Å². The molecule has 0 bridgehead atoms. The zero-order chi connectivity index (χ0) is 25.3. The number of nitrogens with one attached hydrogen (secondary N) is 1. The molecule has 4 rings (SSSR count). The van der Waals surface area contributed by atoms with Crippen molar-refractivity contribution in [3.63, 3.8) is 0 Å². The van der Waals surface area contributed by atoms with Crippen LogP contribution >= 0.6 is 11.8 Å². The molecule has 2 aliphatic heterocycles. The number of amides is 1. The molecule has 1 aromatic heterocycles. The Morgan fingerprint density at radius 2 is 2.00 bits per heavy atom. The molecule has 2 unspecified atom stereocenters. The van der Waals surface area contributed by atoms with Crippen LogP contribution in [0.15, 0.2) is 50.9 Å². The largest absolute Gasteiger partial charge is 0.493 e. The van der Waals surface area contributed by atoms with Crippen molar-refractivity contribution in [3.8, 4) is 11.5 Å². The third-order valence-electron chi connectivity index (χ3n) is 5.63. The van der Waals surface area contributed by atoms with E-state index in [4.69, 9.17) is 18.6 Å². The van der Waals surface area contributed by atoms with Crippen LogP contribution in [-0.4, -0.2) is 42.1 Å². The maximum atomic E-state index is 13.7. The van der Waals surface area contributed by atoms with Crippen LogP contribution in [0.25, 0.3) is 6.08 Å². The molecule has 0 spiro atoms. The fourth-order valence-electron chi connectivity index (χ4n) is 4.18. The van der Waals surface area contributed by atoms with Crippen molar-refractivity contribution < 1.29 is 28.2 Å². The van der Waals surface area contributed by atoms with Gasteiger partial charge in [-0.05, 0) is 64.4 Å². The first-order valence-electron chi connectivity index (χ1n) is 11.5. The van der Waals surface area contributed by atoms with E-state index in [0.29, 0.717) is 33.4 Å². The molecule has 1 N–H and O–H groups in total. The highest BCUT2D eigenvalue weighted by atomic mass is 32.2. The van der Waals surface area contributed by atoms with Crippen LogP contribution in [0.4, 0.5) is 0 Å². The fourth-order valence-corrected chi connectivity index (χ4v) is 5.38. The van der Waals surface area contributed by atoms with Crippen LogP contribution in [0.1, 0.15) is 50.8 Å². The number of hydrogen-bond donors (Lipinski definition) is 1. The molecule has 35 heavy (non-hydrogen) atoms. The van der Waals surface area contributed by atoms with E-state index in [9.17, 15) is 9.59 Å². The number of fused-ring (bicyclic) bond motifs is 1. The van der Waals surface area contributed by atoms with Gasteiger partial charge in [-0.15, -0.1) is 0 Å². The molecule has 3 heterocycles. The van der Waals surface area contributed by atoms with E-state index in [-0.39, 0.29) is 18.6 Å². The molecule has 0 aliphatic carbocycles. The van der Waals surface area contributed by atoms with Crippen LogP contribution in [0.2, 0.25) is 0 Å². The maximum absolute atomic E-state index is 13.7. The predicted octanol–water partition coefficient (Wildman–Crippen LogP) is 4.77. The zero-order valence-corrected chi connectivity index (χ0v) is 21.5. The topological polar surface area (TPSA) is 90.2 Å². The Bertz CT molecular complexity index is 1200. The molecule has 0 saturated carbocycles. The monoisotopic (exact) mass is 498 g/mol. The summed E-state index contributed by atoms with van der Waals surface area (Å²) in [6.07, 6.45) is 1.70. The summed E-state index contributed by atoms with van der Waals surface area (Å²) >= 11 is 1.38. The first-order valence-corrected chi connectivity index (χ1v) is 12.4. The van der Waals surface area contributed by atoms with Gasteiger partial charge in [0.05, 0.1) is 36.3 Å². The molecule has 0 radical (unpaired) electrons. The van der Waals surface area contributed by atoms with Crippen LogP contribution in [0.3, 0.4) is 0 Å². The SMILES string of the molecule is CCOC(=O)C1=C(C)NC2SC(=Cc3ccc(C)o3)C(=O)N2C1c1ccc(OC(C)C)c(OC)c1. The zero-order valence-electron chi connectivity index (χ0n) is 20.7. The van der Waals surface area contributed by atoms with Crippen molar-refractivity contribution in [2.24, 2.45) is 0 Å². The highest BCUT2D eigenvalue weighted by Gasteiger charge is 2.48. The number of rotatable bonds is 7. The van der Waals surface area contributed by atoms with Gasteiger partial charge in [-0.25, -0.2) is 4.79 Å². The Balaban J connectivity index is 1.80. The number of methoxy groups -OCH3 is 1. The molecule has 9 heteroatoms. The minimum atomic E-state index is -0.675. The number of nitrogens with zero attached hydrogens (tertiary/aromatic N) is 1. The first-order chi connectivity index (χ1) is 16.7. The minimum Gasteiger partial charge on any atom is -0.493 e. The summed E-state index contributed by atoms with van der Waals surface area (Å²) in [4.78, 5) is 28.9. The number of allylic oxidation sites excluding steroid dienone is 1. The van der Waals surface area contributed by atoms with Gasteiger partial charge in [-0.2, -0.15) is 0 Å². The molecule has 1 aromatic carbocycles. The molecule has 186 valence electrons. The van der Waals surface area contributed by atoms with Crippen molar-refractivity contribution in [2.75, 3.05) is 13.7 Å². The van der Waals surface area contributed by atoms with Crippen LogP contribution in [0.5, 0.6) is 11.5 Å². The Labute approximate surface area is 209 Å². The Morgan fingerprint density at radius 3 is 2.63 bits per heavy atom. The van der Waals surface area contributed by atoms with Gasteiger partial charge in [0.25, 0.3) is 5.91 Å². The van der Waals surface area contributed by atoms with E-state index in [1.54, 1.807) is 31.1 Å². The van der Waals surface area contributed by atoms with E-state index in [2.05, 4.69) is 5.32 Å². The normalized spacial score (nSPS) is 20.8. The lowest BCUT2D eigenvalue weighted by Gasteiger charge is -2.39. The molecule has 2 atom stereocenters. The number of ether oxygens (including phenoxy) is 3. The van der Waals surface area contributed by atoms with Gasteiger partial charge in [0.2, 0.25) is 0 Å². The molecular weight excluding hydrogens is 468 g/mol. The summed E-state index contributed by atoms with van der Waals surface area (Å²) in [5.41, 5.74) is 1.36. The summed E-state index contributed by atoms with van der Waals surface area (Å²) in [6.45, 7) is 9.53. The van der Waals surface area contributed by atoms with Gasteiger partial charge < -0.3 is 23.9 Å². The predicted molar refractivity (Wildman–Crippen MR) is 134 cm³/mol. The van der Waals surface area contributed by atoms with Gasteiger partial charge >= 0.3 is 5.97 Å². The number of aryl methyl sites for hydroxylation is 1. The number of furan rings is 1. The van der Waals surface area contributed by atoms with Gasteiger partial charge in [-0.1, -0.05) is 17.8 Å². The lowest BCUT2D eigenvalue weighted by atomic mass is 9.93. The number of benzene rings is 1. The highest BCUT2D eigenvalue weighted by Crippen LogP contribution is 2.47. The van der Waals surface area contributed by atoms with Crippen LogP contribution in [0, 0.1) is 6.92 Å². The van der Waals surface area contributed by atoms with E-state index >= 15 is 0 Å². The second-order valence-corrected chi connectivity index (χ2v) is 9.64. The maximum Gasteiger partial charge on any atom is 0.338 e. The molecule has 2 aromatic rings. The highest BCUT2D eigenvalue weighted by molar-refractivity contribution is 8.05. The van der Waals surface area contributed by atoms with Crippen LogP contribution in [-0.2, 0) is 14.3 Å². The summed E-state index contributed by atoms with van der Waals surface area (Å²) in [5, 5.41) is 3.30. The van der Waals surface area contributed by atoms with Gasteiger partial charge in [-0.3, -0.25) is 9.69 Å². The lowest BCUT2D eigenvalue weighted by molar-refractivity contribution is -0.140. The van der Waals surface area contributed by atoms with E-state index in [1.807, 2.05) is 52.0 Å². The second-order valence-electron chi connectivity index (χ2n) is 8.52. The second kappa shape index (κ2) is 10.1. The molecular formula is C26H30N2O6S. The van der Waals surface area contributed by atoms with Gasteiger partial charge in [0.15, 0.2) is 17.0 Å². The van der Waals surface area contributed by atoms with Gasteiger partial charge in [0.1, 0.15) is 11.5 Å². The van der Waals surface area contributed by atoms with E-state index in [1.165, 1.54) is 11.8 Å². The number of esters is 1. The standard InChI is InChI=1S/C26H30N2O6S/c1-7-32-25(30)22-16(5)27-26-28(24(29)21(35-26)13-18-10-8-15(4)34-18)23(22)17-9-11-19(33-14(2)3)20(12-17)31-6/h8-14,23,26-27H,7H2,1-6H3. The minimum absolute atomic E-state index is 0.0373. The molecule has 1 saturated heterocycles. The Kier molecular flexibility index (Phi) is 7.16. The summed E-state index contributed by atoms with van der Waals surface area (Å²) < 4.78 is 22.5. The van der Waals surface area contributed by atoms with E-state index in [0.717, 1.165) is 11.3 Å². The molecule has 2 aliphatic rings. The van der Waals surface area contributed by atoms with Crippen LogP contribution < -0.4 is 14.8 Å². The third-order valence-corrected chi connectivity index (χ3v) is 6.74. The number of thioether (sulfide) groups is 1. The smallest absolute Gasteiger partial charge is 0.338 e. The third kappa shape index (κ3) is 4.91. The Hall–Kier alpha value is -3.33. The molecule has 1 amide bonds. The quantitative estimate of drug-likeness (QED) is 0.432. The summed E-state index contributed by atoms with van der Waals surface area (Å²) in [5.74, 6) is 1.79. The molecule has 8 nitrogen and oxygen atoms in total. The lowest BCUT2D eigenvalue weighted by Crippen LogP contribution is -2.50. The Morgan fingerprint density at radius 1 is 1.23 bits per heavy atom. The fraction of sp³-hybridized carbons (Fsp3) is 0.385. The number of carbonyl (C=O) groups excluding carboxylic acids is 2. The van der Waals surface area contributed by atoms with Crippen molar-refractivity contribution in [3.05, 3.63) is 63.6 Å². The summed E-state index contributed by atoms with van der Waals surface area (Å²) in [6, 6.07) is 8.47. The average molecular weight is 499 g/mol.